The topological polar surface area (TPSA) is 145 Å². The summed E-state index contributed by atoms with van der Waals surface area (Å²) in [5, 5.41) is 21.7. The number of nitrogens with one attached hydrogen (secondary N) is 1. The molecule has 6 rings (SSSR count). The number of para-hydroxylation sites is 2. The van der Waals surface area contributed by atoms with Crippen LogP contribution < -0.4 is 5.43 Å². The molecule has 0 spiro atoms. The van der Waals surface area contributed by atoms with Gasteiger partial charge in [0.15, 0.2) is 5.76 Å². The van der Waals surface area contributed by atoms with Crippen LogP contribution >= 0.6 is 0 Å². The lowest BCUT2D eigenvalue weighted by atomic mass is 10.2. The lowest BCUT2D eigenvalue weighted by Crippen LogP contribution is -2.40. The first-order valence-corrected chi connectivity index (χ1v) is 14.1. The van der Waals surface area contributed by atoms with Crippen LogP contribution in [0.5, 0.6) is 0 Å². The second-order valence-electron chi connectivity index (χ2n) is 9.18. The van der Waals surface area contributed by atoms with Crippen LogP contribution in [0.4, 0.5) is 11.4 Å². The minimum absolute atomic E-state index is 0.0351. The summed E-state index contributed by atoms with van der Waals surface area (Å²) in [6.45, 7) is 0.911. The van der Waals surface area contributed by atoms with Gasteiger partial charge in [-0.05, 0) is 36.4 Å². The standard InChI is InChI=1S/C28H24N6O6S/c35-34(36)25-17-23(41(37,38)32-12-14-39-15-13-32)10-11-24(25)30-29-18-21-19-33(22-7-2-1-3-8-22)31-28(21)27-16-20-6-4-5-9-26(20)40-27/h1-11,16-19,30H,12-15H2/b29-18+. The van der Waals surface area contributed by atoms with Crippen LogP contribution in [0.1, 0.15) is 5.56 Å². The van der Waals surface area contributed by atoms with E-state index in [9.17, 15) is 18.5 Å². The lowest BCUT2D eigenvalue weighted by Gasteiger charge is -2.26. The number of fused-ring (bicyclic) bond motifs is 1. The van der Waals surface area contributed by atoms with Gasteiger partial charge in [0.2, 0.25) is 10.0 Å². The molecule has 0 bridgehead atoms. The highest BCUT2D eigenvalue weighted by molar-refractivity contribution is 7.89. The highest BCUT2D eigenvalue weighted by atomic mass is 32.2. The van der Waals surface area contributed by atoms with Crippen molar-refractivity contribution in [2.75, 3.05) is 31.7 Å². The number of sulfonamides is 1. The van der Waals surface area contributed by atoms with Crippen molar-refractivity contribution in [1.29, 1.82) is 0 Å². The number of nitrogens with zero attached hydrogens (tertiary/aromatic N) is 5. The average molecular weight is 573 g/mol. The summed E-state index contributed by atoms with van der Waals surface area (Å²) in [5.74, 6) is 0.533. The van der Waals surface area contributed by atoms with Gasteiger partial charge in [0.05, 0.1) is 34.9 Å². The molecule has 0 saturated carbocycles. The van der Waals surface area contributed by atoms with Crippen molar-refractivity contribution in [2.24, 2.45) is 5.10 Å². The summed E-state index contributed by atoms with van der Waals surface area (Å²) < 4.78 is 40.2. The van der Waals surface area contributed by atoms with Gasteiger partial charge in [0.1, 0.15) is 17.0 Å². The van der Waals surface area contributed by atoms with Crippen molar-refractivity contribution in [3.63, 3.8) is 0 Å². The molecule has 0 unspecified atom stereocenters. The van der Waals surface area contributed by atoms with Gasteiger partial charge >= 0.3 is 0 Å². The van der Waals surface area contributed by atoms with Crippen molar-refractivity contribution in [1.82, 2.24) is 14.1 Å². The van der Waals surface area contributed by atoms with E-state index >= 15 is 0 Å². The zero-order valence-electron chi connectivity index (χ0n) is 21.6. The zero-order chi connectivity index (χ0) is 28.4. The van der Waals surface area contributed by atoms with Gasteiger partial charge in [0, 0.05) is 36.3 Å². The highest BCUT2D eigenvalue weighted by Crippen LogP contribution is 2.31. The third kappa shape index (κ3) is 5.33. The Balaban J connectivity index is 1.32. The van der Waals surface area contributed by atoms with Crippen molar-refractivity contribution < 1.29 is 22.5 Å². The molecule has 5 aromatic rings. The number of morpholine rings is 1. The molecule has 0 aliphatic carbocycles. The predicted octanol–water partition coefficient (Wildman–Crippen LogP) is 4.66. The van der Waals surface area contributed by atoms with Gasteiger partial charge in [0.25, 0.3) is 5.69 Å². The Bertz CT molecular complexity index is 1830. The molecule has 41 heavy (non-hydrogen) atoms. The first-order valence-electron chi connectivity index (χ1n) is 12.7. The van der Waals surface area contributed by atoms with E-state index in [1.54, 1.807) is 10.9 Å². The first-order chi connectivity index (χ1) is 19.9. The normalized spacial score (nSPS) is 14.5. The molecule has 3 aromatic carbocycles. The molecule has 12 nitrogen and oxygen atoms in total. The van der Waals surface area contributed by atoms with E-state index in [0.29, 0.717) is 22.6 Å². The van der Waals surface area contributed by atoms with Gasteiger partial charge in [-0.1, -0.05) is 36.4 Å². The SMILES string of the molecule is O=[N+]([O-])c1cc(S(=O)(=O)N2CCOCC2)ccc1N/N=C/c1cn(-c2ccccc2)nc1-c1cc2ccccc2o1. The Morgan fingerprint density at radius 1 is 1.00 bits per heavy atom. The van der Waals surface area contributed by atoms with Gasteiger partial charge in [-0.3, -0.25) is 15.5 Å². The van der Waals surface area contributed by atoms with Crippen molar-refractivity contribution in [3.8, 4) is 17.1 Å². The van der Waals surface area contributed by atoms with Gasteiger partial charge in [-0.2, -0.15) is 14.5 Å². The number of hydrogen-bond acceptors (Lipinski definition) is 9. The molecule has 1 aliphatic rings. The average Bonchev–Trinajstić information content (AvgIpc) is 3.62. The Morgan fingerprint density at radius 2 is 1.76 bits per heavy atom. The maximum absolute atomic E-state index is 13.0. The van der Waals surface area contributed by atoms with Crippen molar-refractivity contribution in [3.05, 3.63) is 101 Å². The number of ether oxygens (including phenoxy) is 1. The van der Waals surface area contributed by atoms with Crippen LogP contribution in [0.3, 0.4) is 0 Å². The summed E-state index contributed by atoms with van der Waals surface area (Å²) in [5.41, 5.74) is 4.95. The minimum Gasteiger partial charge on any atom is -0.454 e. The Labute approximate surface area is 234 Å². The van der Waals surface area contributed by atoms with Crippen LogP contribution in [0.15, 0.2) is 99.5 Å². The third-order valence-electron chi connectivity index (χ3n) is 6.58. The molecule has 0 atom stereocenters. The summed E-state index contributed by atoms with van der Waals surface area (Å²) in [6, 6.07) is 22.7. The molecule has 1 N–H and O–H groups in total. The molecule has 13 heteroatoms. The smallest absolute Gasteiger partial charge is 0.295 e. The maximum Gasteiger partial charge on any atom is 0.295 e. The number of aromatic nitrogens is 2. The van der Waals surface area contributed by atoms with Gasteiger partial charge in [-0.15, -0.1) is 0 Å². The van der Waals surface area contributed by atoms with Gasteiger partial charge < -0.3 is 9.15 Å². The number of hydrogen-bond donors (Lipinski definition) is 1. The third-order valence-corrected chi connectivity index (χ3v) is 8.48. The highest BCUT2D eigenvalue weighted by Gasteiger charge is 2.29. The van der Waals surface area contributed by atoms with E-state index in [0.717, 1.165) is 17.1 Å². The molecule has 2 aromatic heterocycles. The molecule has 1 fully saturated rings. The minimum atomic E-state index is -3.91. The van der Waals surface area contributed by atoms with Crippen molar-refractivity contribution in [2.45, 2.75) is 4.90 Å². The summed E-state index contributed by atoms with van der Waals surface area (Å²) in [4.78, 5) is 11.0. The van der Waals surface area contributed by atoms with Crippen LogP contribution in [0.25, 0.3) is 28.1 Å². The molecule has 0 amide bonds. The number of furan rings is 1. The molecular formula is C28H24N6O6S. The quantitative estimate of drug-likeness (QED) is 0.161. The van der Waals surface area contributed by atoms with E-state index in [4.69, 9.17) is 14.3 Å². The maximum atomic E-state index is 13.0. The Morgan fingerprint density at radius 3 is 2.51 bits per heavy atom. The monoisotopic (exact) mass is 572 g/mol. The fraction of sp³-hybridized carbons (Fsp3) is 0.143. The molecule has 1 saturated heterocycles. The largest absolute Gasteiger partial charge is 0.454 e. The second kappa shape index (κ2) is 11.0. The first kappa shape index (κ1) is 26.4. The number of hydrazone groups is 1. The number of anilines is 1. The van der Waals surface area contributed by atoms with E-state index in [2.05, 4.69) is 10.5 Å². The van der Waals surface area contributed by atoms with E-state index in [1.165, 1.54) is 22.7 Å². The van der Waals surface area contributed by atoms with Crippen LogP contribution in [-0.2, 0) is 14.8 Å². The van der Waals surface area contributed by atoms with Gasteiger partial charge in [-0.25, -0.2) is 13.1 Å². The number of nitro groups is 1. The molecule has 1 aliphatic heterocycles. The van der Waals surface area contributed by atoms with E-state index in [1.807, 2.05) is 60.7 Å². The van der Waals surface area contributed by atoms with Crippen molar-refractivity contribution >= 4 is 38.6 Å². The summed E-state index contributed by atoms with van der Waals surface area (Å²) >= 11 is 0. The predicted molar refractivity (Wildman–Crippen MR) is 153 cm³/mol. The molecule has 0 radical (unpaired) electrons. The molecule has 208 valence electrons. The number of rotatable bonds is 8. The summed E-state index contributed by atoms with van der Waals surface area (Å²) in [6.07, 6.45) is 3.26. The number of benzene rings is 3. The van der Waals surface area contributed by atoms with E-state index in [-0.39, 0.29) is 36.9 Å². The second-order valence-corrected chi connectivity index (χ2v) is 11.1. The van der Waals surface area contributed by atoms with Crippen LogP contribution in [0.2, 0.25) is 0 Å². The fourth-order valence-electron chi connectivity index (χ4n) is 4.51. The fourth-order valence-corrected chi connectivity index (χ4v) is 5.94. The number of nitro benzene ring substituents is 1. The Kier molecular flexibility index (Phi) is 7.05. The van der Waals surface area contributed by atoms with E-state index < -0.39 is 20.6 Å². The lowest BCUT2D eigenvalue weighted by molar-refractivity contribution is -0.384. The summed E-state index contributed by atoms with van der Waals surface area (Å²) in [7, 11) is -3.91. The molecule has 3 heterocycles. The molecular weight excluding hydrogens is 548 g/mol. The van der Waals surface area contributed by atoms with Crippen LogP contribution in [0, 0.1) is 10.1 Å². The van der Waals surface area contributed by atoms with Crippen LogP contribution in [-0.4, -0.2) is 59.9 Å². The zero-order valence-corrected chi connectivity index (χ0v) is 22.4. The Hall–Kier alpha value is -4.85.